The zero-order valence-corrected chi connectivity index (χ0v) is 15.8. The first-order chi connectivity index (χ1) is 11.3. The van der Waals surface area contributed by atoms with Crippen LogP contribution in [0.2, 0.25) is 0 Å². The summed E-state index contributed by atoms with van der Waals surface area (Å²) in [5.74, 6) is -0.0302. The maximum atomic E-state index is 12.3. The molecule has 0 aromatic carbocycles. The molecular weight excluding hydrogens is 344 g/mol. The van der Waals surface area contributed by atoms with Gasteiger partial charge in [0, 0.05) is 14.6 Å². The van der Waals surface area contributed by atoms with Gasteiger partial charge in [-0.3, -0.25) is 4.79 Å². The number of nitrogens with zero attached hydrogens (tertiary/aromatic N) is 1. The van der Waals surface area contributed by atoms with Crippen molar-refractivity contribution in [1.82, 2.24) is 9.97 Å². The number of H-pyrrole nitrogens is 1. The smallest absolute Gasteiger partial charge is 0.339 e. The standard InChI is InChI=1S/C17H18N2O3S2/c1-7-6-12(11(5)23-7)17(21)22-9(3)14-18-15(20)13-8(2)10(4)24-16(13)19-14/h6,9H,1-5H3,(H,18,19,20)/t9-/m1/s1. The summed E-state index contributed by atoms with van der Waals surface area (Å²) in [6.07, 6.45) is -0.628. The summed E-state index contributed by atoms with van der Waals surface area (Å²) in [5, 5.41) is 0.615. The molecule has 3 heterocycles. The van der Waals surface area contributed by atoms with Crippen molar-refractivity contribution in [2.24, 2.45) is 0 Å². The normalized spacial score (nSPS) is 12.5. The van der Waals surface area contributed by atoms with Gasteiger partial charge >= 0.3 is 5.97 Å². The van der Waals surface area contributed by atoms with Gasteiger partial charge < -0.3 is 9.72 Å². The summed E-state index contributed by atoms with van der Waals surface area (Å²) in [6.45, 7) is 9.43. The van der Waals surface area contributed by atoms with Gasteiger partial charge in [0.15, 0.2) is 11.9 Å². The Hall–Kier alpha value is -1.99. The highest BCUT2D eigenvalue weighted by Gasteiger charge is 2.20. The van der Waals surface area contributed by atoms with E-state index in [1.807, 2.05) is 33.8 Å². The second-order valence-electron chi connectivity index (χ2n) is 5.79. The van der Waals surface area contributed by atoms with Crippen LogP contribution in [0.15, 0.2) is 10.9 Å². The van der Waals surface area contributed by atoms with Crippen LogP contribution >= 0.6 is 22.7 Å². The van der Waals surface area contributed by atoms with Gasteiger partial charge in [0.05, 0.1) is 10.9 Å². The fraction of sp³-hybridized carbons (Fsp3) is 0.353. The molecule has 0 saturated carbocycles. The van der Waals surface area contributed by atoms with Crippen molar-refractivity contribution >= 4 is 38.9 Å². The van der Waals surface area contributed by atoms with Crippen molar-refractivity contribution in [3.8, 4) is 0 Å². The minimum absolute atomic E-state index is 0.192. The van der Waals surface area contributed by atoms with E-state index in [1.165, 1.54) is 11.3 Å². The predicted octanol–water partition coefficient (Wildman–Crippen LogP) is 4.20. The molecule has 0 amide bonds. The Bertz CT molecular complexity index is 997. The predicted molar refractivity (Wildman–Crippen MR) is 97.3 cm³/mol. The van der Waals surface area contributed by atoms with E-state index in [0.29, 0.717) is 21.6 Å². The van der Waals surface area contributed by atoms with Crippen molar-refractivity contribution in [3.63, 3.8) is 0 Å². The Morgan fingerprint density at radius 2 is 1.92 bits per heavy atom. The fourth-order valence-electron chi connectivity index (χ4n) is 2.58. The summed E-state index contributed by atoms with van der Waals surface area (Å²) in [7, 11) is 0. The molecule has 1 N–H and O–H groups in total. The van der Waals surface area contributed by atoms with Crippen LogP contribution in [0.25, 0.3) is 10.2 Å². The lowest BCUT2D eigenvalue weighted by Crippen LogP contribution is -2.17. The van der Waals surface area contributed by atoms with E-state index in [4.69, 9.17) is 4.74 Å². The van der Waals surface area contributed by atoms with Crippen LogP contribution in [0, 0.1) is 27.7 Å². The lowest BCUT2D eigenvalue weighted by Gasteiger charge is -2.12. The highest BCUT2D eigenvalue weighted by molar-refractivity contribution is 7.18. The van der Waals surface area contributed by atoms with Crippen LogP contribution in [0.5, 0.6) is 0 Å². The van der Waals surface area contributed by atoms with Gasteiger partial charge in [-0.25, -0.2) is 9.78 Å². The van der Waals surface area contributed by atoms with E-state index < -0.39 is 12.1 Å². The van der Waals surface area contributed by atoms with Gasteiger partial charge in [0.2, 0.25) is 0 Å². The molecule has 0 aliphatic heterocycles. The van der Waals surface area contributed by atoms with Crippen LogP contribution in [0.4, 0.5) is 0 Å². The maximum absolute atomic E-state index is 12.3. The van der Waals surface area contributed by atoms with Crippen molar-refractivity contribution in [3.05, 3.63) is 48.0 Å². The Labute approximate surface area is 147 Å². The molecule has 0 bridgehead atoms. The number of rotatable bonds is 3. The van der Waals surface area contributed by atoms with Crippen molar-refractivity contribution in [1.29, 1.82) is 0 Å². The third-order valence-electron chi connectivity index (χ3n) is 3.99. The number of hydrogen-bond acceptors (Lipinski definition) is 6. The zero-order valence-electron chi connectivity index (χ0n) is 14.1. The lowest BCUT2D eigenvalue weighted by atomic mass is 10.2. The molecule has 0 fully saturated rings. The molecule has 0 spiro atoms. The number of esters is 1. The van der Waals surface area contributed by atoms with Gasteiger partial charge in [0.25, 0.3) is 5.56 Å². The van der Waals surface area contributed by atoms with Gasteiger partial charge in [0.1, 0.15) is 4.83 Å². The van der Waals surface area contributed by atoms with Crippen molar-refractivity contribution < 1.29 is 9.53 Å². The second-order valence-corrected chi connectivity index (χ2v) is 8.45. The number of ether oxygens (including phenoxy) is 1. The molecule has 3 aromatic rings. The Balaban J connectivity index is 1.91. The Morgan fingerprint density at radius 3 is 2.54 bits per heavy atom. The molecule has 0 radical (unpaired) electrons. The van der Waals surface area contributed by atoms with E-state index in [1.54, 1.807) is 18.3 Å². The highest BCUT2D eigenvalue weighted by Crippen LogP contribution is 2.28. The number of nitrogens with one attached hydrogen (secondary N) is 1. The minimum atomic E-state index is -0.628. The summed E-state index contributed by atoms with van der Waals surface area (Å²) in [6, 6.07) is 1.82. The molecule has 0 aliphatic carbocycles. The van der Waals surface area contributed by atoms with Crippen LogP contribution in [-0.2, 0) is 4.74 Å². The largest absolute Gasteiger partial charge is 0.451 e. The molecular formula is C17H18N2O3S2. The molecule has 0 unspecified atom stereocenters. The van der Waals surface area contributed by atoms with E-state index in [2.05, 4.69) is 9.97 Å². The summed E-state index contributed by atoms with van der Waals surface area (Å²) in [4.78, 5) is 35.6. The average Bonchev–Trinajstić information content (AvgIpc) is 2.98. The first-order valence-electron chi connectivity index (χ1n) is 7.56. The number of thiophene rings is 2. The molecule has 0 saturated heterocycles. The van der Waals surface area contributed by atoms with E-state index in [0.717, 1.165) is 20.2 Å². The van der Waals surface area contributed by atoms with Crippen LogP contribution in [0.1, 0.15) is 49.4 Å². The summed E-state index contributed by atoms with van der Waals surface area (Å²) >= 11 is 3.03. The Kier molecular flexibility index (Phi) is 4.31. The third-order valence-corrected chi connectivity index (χ3v) is 6.05. The number of carbonyl (C=O) groups is 1. The SMILES string of the molecule is Cc1cc(C(=O)O[C@H](C)c2nc3sc(C)c(C)c3c(=O)[nH]2)c(C)s1. The van der Waals surface area contributed by atoms with E-state index in [-0.39, 0.29) is 5.56 Å². The zero-order chi connectivity index (χ0) is 17.6. The second kappa shape index (κ2) is 6.14. The Morgan fingerprint density at radius 1 is 1.21 bits per heavy atom. The molecule has 0 aliphatic rings. The quantitative estimate of drug-likeness (QED) is 0.709. The average molecular weight is 362 g/mol. The molecule has 3 aromatic heterocycles. The molecule has 1 atom stereocenters. The van der Waals surface area contributed by atoms with Crippen LogP contribution in [-0.4, -0.2) is 15.9 Å². The van der Waals surface area contributed by atoms with Crippen molar-refractivity contribution in [2.75, 3.05) is 0 Å². The van der Waals surface area contributed by atoms with Gasteiger partial charge in [-0.15, -0.1) is 22.7 Å². The van der Waals surface area contributed by atoms with Gasteiger partial charge in [-0.2, -0.15) is 0 Å². The number of aryl methyl sites for hydroxylation is 4. The maximum Gasteiger partial charge on any atom is 0.339 e. The first-order valence-corrected chi connectivity index (χ1v) is 9.19. The topological polar surface area (TPSA) is 72.0 Å². The van der Waals surface area contributed by atoms with Crippen molar-refractivity contribution in [2.45, 2.75) is 40.7 Å². The molecule has 5 nitrogen and oxygen atoms in total. The van der Waals surface area contributed by atoms with E-state index >= 15 is 0 Å². The number of hydrogen-bond donors (Lipinski definition) is 1. The third kappa shape index (κ3) is 2.89. The number of aromatic amines is 1. The van der Waals surface area contributed by atoms with Gasteiger partial charge in [-0.1, -0.05) is 0 Å². The van der Waals surface area contributed by atoms with Crippen LogP contribution < -0.4 is 5.56 Å². The minimum Gasteiger partial charge on any atom is -0.451 e. The summed E-state index contributed by atoms with van der Waals surface area (Å²) in [5.41, 5.74) is 1.32. The highest BCUT2D eigenvalue weighted by atomic mass is 32.1. The van der Waals surface area contributed by atoms with E-state index in [9.17, 15) is 9.59 Å². The fourth-order valence-corrected chi connectivity index (χ4v) is 4.53. The molecule has 126 valence electrons. The van der Waals surface area contributed by atoms with Crippen LogP contribution in [0.3, 0.4) is 0 Å². The summed E-state index contributed by atoms with van der Waals surface area (Å²) < 4.78 is 5.50. The molecule has 3 rings (SSSR count). The number of carbonyl (C=O) groups excluding carboxylic acids is 1. The molecule has 24 heavy (non-hydrogen) atoms. The van der Waals surface area contributed by atoms with Gasteiger partial charge in [-0.05, 0) is 46.2 Å². The number of fused-ring (bicyclic) bond motifs is 1. The monoisotopic (exact) mass is 362 g/mol. The molecule has 7 heteroatoms. The number of aromatic nitrogens is 2. The lowest BCUT2D eigenvalue weighted by molar-refractivity contribution is 0.0320. The first kappa shape index (κ1) is 16.9.